The van der Waals surface area contributed by atoms with Crippen molar-refractivity contribution in [3.63, 3.8) is 0 Å². The van der Waals surface area contributed by atoms with E-state index in [1.54, 1.807) is 24.3 Å². The van der Waals surface area contributed by atoms with Crippen molar-refractivity contribution in [3.8, 4) is 0 Å². The Morgan fingerprint density at radius 2 is 1.95 bits per heavy atom. The third kappa shape index (κ3) is 2.80. The first kappa shape index (κ1) is 14.1. The van der Waals surface area contributed by atoms with Crippen molar-refractivity contribution in [3.05, 3.63) is 70.2 Å². The van der Waals surface area contributed by atoms with Crippen LogP contribution in [0.25, 0.3) is 0 Å². The first-order chi connectivity index (χ1) is 10.2. The van der Waals surface area contributed by atoms with Gasteiger partial charge >= 0.3 is 0 Å². The Balaban J connectivity index is 1.74. The fourth-order valence-corrected chi connectivity index (χ4v) is 3.07. The van der Waals surface area contributed by atoms with Gasteiger partial charge in [0.2, 0.25) is 0 Å². The van der Waals surface area contributed by atoms with Gasteiger partial charge in [0, 0.05) is 5.02 Å². The quantitative estimate of drug-likeness (QED) is 0.915. The molecule has 0 heterocycles. The Morgan fingerprint density at radius 1 is 1.19 bits per heavy atom. The molecule has 3 rings (SSSR count). The van der Waals surface area contributed by atoms with Crippen LogP contribution >= 0.6 is 11.6 Å². The van der Waals surface area contributed by atoms with Crippen LogP contribution in [-0.2, 0) is 11.2 Å². The van der Waals surface area contributed by atoms with Gasteiger partial charge in [0.15, 0.2) is 6.10 Å². The number of hydrogen-bond acceptors (Lipinski definition) is 2. The lowest BCUT2D eigenvalue weighted by Crippen LogP contribution is -2.32. The third-order valence-electron chi connectivity index (χ3n) is 3.89. The predicted molar refractivity (Wildman–Crippen MR) is 82.1 cm³/mol. The smallest absolute Gasteiger partial charge is 0.253 e. The van der Waals surface area contributed by atoms with Gasteiger partial charge in [-0.25, -0.2) is 0 Å². The monoisotopic (exact) mass is 301 g/mol. The molecule has 2 N–H and O–H groups in total. The van der Waals surface area contributed by atoms with E-state index in [2.05, 4.69) is 5.32 Å². The van der Waals surface area contributed by atoms with E-state index < -0.39 is 6.10 Å². The zero-order chi connectivity index (χ0) is 14.8. The van der Waals surface area contributed by atoms with Crippen LogP contribution in [0.15, 0.2) is 48.5 Å². The summed E-state index contributed by atoms with van der Waals surface area (Å²) in [6.07, 6.45) is 0.516. The SMILES string of the molecule is O=C(NC1CCc2c(Cl)cccc21)C(O)c1ccccc1. The molecule has 0 radical (unpaired) electrons. The summed E-state index contributed by atoms with van der Waals surface area (Å²) < 4.78 is 0. The van der Waals surface area contributed by atoms with Crippen LogP contribution in [0.5, 0.6) is 0 Å². The van der Waals surface area contributed by atoms with E-state index in [4.69, 9.17) is 11.6 Å². The topological polar surface area (TPSA) is 49.3 Å². The molecular formula is C17H16ClNO2. The molecule has 2 atom stereocenters. The molecule has 0 aromatic heterocycles. The summed E-state index contributed by atoms with van der Waals surface area (Å²) in [4.78, 5) is 12.2. The van der Waals surface area contributed by atoms with Crippen molar-refractivity contribution in [2.45, 2.75) is 25.0 Å². The van der Waals surface area contributed by atoms with Crippen molar-refractivity contribution in [1.29, 1.82) is 0 Å². The average Bonchev–Trinajstić information content (AvgIpc) is 2.92. The Labute approximate surface area is 128 Å². The van der Waals surface area contributed by atoms with Crippen LogP contribution in [0.4, 0.5) is 0 Å². The standard InChI is InChI=1S/C17H16ClNO2/c18-14-8-4-7-13-12(14)9-10-15(13)19-17(21)16(20)11-5-2-1-3-6-11/h1-8,15-16,20H,9-10H2,(H,19,21). The van der Waals surface area contributed by atoms with Gasteiger partial charge in [-0.05, 0) is 35.6 Å². The second-order valence-corrected chi connectivity index (χ2v) is 5.63. The highest BCUT2D eigenvalue weighted by Gasteiger charge is 2.27. The molecule has 2 aromatic carbocycles. The largest absolute Gasteiger partial charge is 0.378 e. The second kappa shape index (κ2) is 5.88. The van der Waals surface area contributed by atoms with Gasteiger partial charge in [0.1, 0.15) is 0 Å². The molecule has 0 saturated heterocycles. The van der Waals surface area contributed by atoms with E-state index in [1.165, 1.54) is 0 Å². The minimum atomic E-state index is -1.14. The summed E-state index contributed by atoms with van der Waals surface area (Å²) in [6, 6.07) is 14.6. The van der Waals surface area contributed by atoms with Gasteiger partial charge in [-0.3, -0.25) is 4.79 Å². The molecule has 2 unspecified atom stereocenters. The average molecular weight is 302 g/mol. The zero-order valence-electron chi connectivity index (χ0n) is 11.4. The van der Waals surface area contributed by atoms with E-state index >= 15 is 0 Å². The highest BCUT2D eigenvalue weighted by molar-refractivity contribution is 6.31. The number of aliphatic hydroxyl groups is 1. The Hall–Kier alpha value is -1.84. The number of hydrogen-bond donors (Lipinski definition) is 2. The van der Waals surface area contributed by atoms with E-state index in [-0.39, 0.29) is 11.9 Å². The first-order valence-corrected chi connectivity index (χ1v) is 7.35. The van der Waals surface area contributed by atoms with Crippen molar-refractivity contribution in [2.24, 2.45) is 0 Å². The highest BCUT2D eigenvalue weighted by Crippen LogP contribution is 2.35. The number of aliphatic hydroxyl groups excluding tert-OH is 1. The van der Waals surface area contributed by atoms with Crippen LogP contribution in [-0.4, -0.2) is 11.0 Å². The molecule has 1 aliphatic rings. The molecule has 108 valence electrons. The van der Waals surface area contributed by atoms with E-state index in [0.717, 1.165) is 29.0 Å². The number of carbonyl (C=O) groups is 1. The molecule has 4 heteroatoms. The Kier molecular flexibility index (Phi) is 3.95. The molecule has 21 heavy (non-hydrogen) atoms. The minimum Gasteiger partial charge on any atom is -0.378 e. The molecule has 0 spiro atoms. The summed E-state index contributed by atoms with van der Waals surface area (Å²) in [6.45, 7) is 0. The van der Waals surface area contributed by atoms with Crippen LogP contribution < -0.4 is 5.32 Å². The minimum absolute atomic E-state index is 0.0791. The van der Waals surface area contributed by atoms with Crippen LogP contribution in [0.1, 0.15) is 35.3 Å². The molecule has 3 nitrogen and oxygen atoms in total. The van der Waals surface area contributed by atoms with Crippen molar-refractivity contribution < 1.29 is 9.90 Å². The van der Waals surface area contributed by atoms with Crippen molar-refractivity contribution in [1.82, 2.24) is 5.32 Å². The van der Waals surface area contributed by atoms with Gasteiger partial charge in [0.05, 0.1) is 6.04 Å². The Bertz CT molecular complexity index is 657. The molecule has 0 aliphatic heterocycles. The number of halogens is 1. The molecular weight excluding hydrogens is 286 g/mol. The summed E-state index contributed by atoms with van der Waals surface area (Å²) in [7, 11) is 0. The second-order valence-electron chi connectivity index (χ2n) is 5.22. The molecule has 1 aliphatic carbocycles. The first-order valence-electron chi connectivity index (χ1n) is 6.97. The maximum Gasteiger partial charge on any atom is 0.253 e. The fraction of sp³-hybridized carbons (Fsp3) is 0.235. The summed E-state index contributed by atoms with van der Waals surface area (Å²) in [5.41, 5.74) is 2.74. The molecule has 0 fully saturated rings. The summed E-state index contributed by atoms with van der Waals surface area (Å²) >= 11 is 6.17. The van der Waals surface area contributed by atoms with Crippen LogP contribution in [0.3, 0.4) is 0 Å². The molecule has 1 amide bonds. The van der Waals surface area contributed by atoms with E-state index in [1.807, 2.05) is 24.3 Å². The fourth-order valence-electron chi connectivity index (χ4n) is 2.80. The summed E-state index contributed by atoms with van der Waals surface area (Å²) in [5, 5.41) is 13.8. The number of benzene rings is 2. The normalized spacial score (nSPS) is 18.1. The number of rotatable bonds is 3. The van der Waals surface area contributed by atoms with Gasteiger partial charge in [0.25, 0.3) is 5.91 Å². The molecule has 0 saturated carbocycles. The maximum atomic E-state index is 12.2. The lowest BCUT2D eigenvalue weighted by molar-refractivity contribution is -0.130. The van der Waals surface area contributed by atoms with E-state index in [0.29, 0.717) is 5.56 Å². The Morgan fingerprint density at radius 3 is 2.71 bits per heavy atom. The highest BCUT2D eigenvalue weighted by atomic mass is 35.5. The number of nitrogens with one attached hydrogen (secondary N) is 1. The van der Waals surface area contributed by atoms with Gasteiger partial charge in [-0.15, -0.1) is 0 Å². The lowest BCUT2D eigenvalue weighted by Gasteiger charge is -2.17. The lowest BCUT2D eigenvalue weighted by atomic mass is 10.1. The van der Waals surface area contributed by atoms with Crippen LogP contribution in [0.2, 0.25) is 5.02 Å². The number of fused-ring (bicyclic) bond motifs is 1. The van der Waals surface area contributed by atoms with Crippen molar-refractivity contribution >= 4 is 17.5 Å². The van der Waals surface area contributed by atoms with Crippen molar-refractivity contribution in [2.75, 3.05) is 0 Å². The van der Waals surface area contributed by atoms with Gasteiger partial charge in [-0.1, -0.05) is 54.1 Å². The number of carbonyl (C=O) groups excluding carboxylic acids is 1. The van der Waals surface area contributed by atoms with Crippen LogP contribution in [0, 0.1) is 0 Å². The van der Waals surface area contributed by atoms with Gasteiger partial charge < -0.3 is 10.4 Å². The zero-order valence-corrected chi connectivity index (χ0v) is 12.2. The molecule has 0 bridgehead atoms. The summed E-state index contributed by atoms with van der Waals surface area (Å²) in [5.74, 6) is -0.376. The number of amides is 1. The predicted octanol–water partition coefficient (Wildman–Crippen LogP) is 3.18. The maximum absolute atomic E-state index is 12.2. The third-order valence-corrected chi connectivity index (χ3v) is 4.25. The van der Waals surface area contributed by atoms with Gasteiger partial charge in [-0.2, -0.15) is 0 Å². The molecule has 2 aromatic rings. The van der Waals surface area contributed by atoms with E-state index in [9.17, 15) is 9.90 Å².